The summed E-state index contributed by atoms with van der Waals surface area (Å²) in [5, 5.41) is 3.80. The molecule has 1 aliphatic heterocycles. The molecule has 4 heteroatoms. The maximum atomic E-state index is 5.80. The summed E-state index contributed by atoms with van der Waals surface area (Å²) >= 11 is 7.49. The van der Waals surface area contributed by atoms with Crippen molar-refractivity contribution in [1.29, 1.82) is 0 Å². The topological polar surface area (TPSA) is 16.1 Å². The molecule has 1 fully saturated rings. The first kappa shape index (κ1) is 9.44. The van der Waals surface area contributed by atoms with Gasteiger partial charge in [-0.3, -0.25) is 0 Å². The summed E-state index contributed by atoms with van der Waals surface area (Å²) < 4.78 is 0. The lowest BCUT2D eigenvalue weighted by atomic mass is 9.98. The summed E-state index contributed by atoms with van der Waals surface area (Å²) in [4.78, 5) is 6.69. The van der Waals surface area contributed by atoms with E-state index in [1.807, 2.05) is 5.38 Å². The second-order valence-corrected chi connectivity index (χ2v) is 4.86. The number of thiazole rings is 1. The van der Waals surface area contributed by atoms with Gasteiger partial charge in [-0.2, -0.15) is 0 Å². The van der Waals surface area contributed by atoms with Gasteiger partial charge in [-0.15, -0.1) is 11.3 Å². The first-order valence-corrected chi connectivity index (χ1v) is 5.81. The zero-order valence-electron chi connectivity index (χ0n) is 7.66. The van der Waals surface area contributed by atoms with Crippen LogP contribution in [-0.4, -0.2) is 30.0 Å². The Morgan fingerprint density at radius 3 is 2.77 bits per heavy atom. The Kier molecular flexibility index (Phi) is 2.86. The van der Waals surface area contributed by atoms with Crippen LogP contribution in [0.1, 0.15) is 23.8 Å². The van der Waals surface area contributed by atoms with Crippen LogP contribution in [0.15, 0.2) is 5.38 Å². The highest BCUT2D eigenvalue weighted by Crippen LogP contribution is 2.30. The number of hydrogen-bond donors (Lipinski definition) is 0. The molecular weight excluding hydrogens is 204 g/mol. The van der Waals surface area contributed by atoms with Crippen molar-refractivity contribution in [2.45, 2.75) is 18.8 Å². The Hall–Kier alpha value is -0.120. The van der Waals surface area contributed by atoms with E-state index in [2.05, 4.69) is 16.9 Å². The van der Waals surface area contributed by atoms with Gasteiger partial charge in [-0.25, -0.2) is 4.98 Å². The first-order valence-electron chi connectivity index (χ1n) is 4.55. The quantitative estimate of drug-likeness (QED) is 0.718. The Morgan fingerprint density at radius 1 is 1.54 bits per heavy atom. The predicted octanol–water partition coefficient (Wildman–Crippen LogP) is 2.61. The molecule has 0 amide bonds. The van der Waals surface area contributed by atoms with Crippen molar-refractivity contribution in [2.24, 2.45) is 0 Å². The molecule has 2 rings (SSSR count). The van der Waals surface area contributed by atoms with E-state index in [-0.39, 0.29) is 0 Å². The molecule has 0 radical (unpaired) electrons. The van der Waals surface area contributed by atoms with Gasteiger partial charge < -0.3 is 4.90 Å². The van der Waals surface area contributed by atoms with E-state index >= 15 is 0 Å². The number of piperidine rings is 1. The van der Waals surface area contributed by atoms with Gasteiger partial charge in [0.15, 0.2) is 0 Å². The van der Waals surface area contributed by atoms with Crippen LogP contribution < -0.4 is 0 Å². The summed E-state index contributed by atoms with van der Waals surface area (Å²) in [6.45, 7) is 2.36. The molecule has 1 aromatic heterocycles. The third-order valence-electron chi connectivity index (χ3n) is 2.56. The van der Waals surface area contributed by atoms with Crippen molar-refractivity contribution in [2.75, 3.05) is 20.1 Å². The maximum Gasteiger partial charge on any atom is 0.140 e. The molecule has 0 atom stereocenters. The van der Waals surface area contributed by atoms with Crippen molar-refractivity contribution in [3.05, 3.63) is 15.5 Å². The third kappa shape index (κ3) is 2.22. The smallest absolute Gasteiger partial charge is 0.140 e. The Bertz CT molecular complexity index is 279. The van der Waals surface area contributed by atoms with Crippen molar-refractivity contribution < 1.29 is 0 Å². The van der Waals surface area contributed by atoms with E-state index < -0.39 is 0 Å². The van der Waals surface area contributed by atoms with Crippen molar-refractivity contribution >= 4 is 22.9 Å². The highest BCUT2D eigenvalue weighted by molar-refractivity contribution is 7.10. The van der Waals surface area contributed by atoms with Crippen molar-refractivity contribution in [3.63, 3.8) is 0 Å². The molecule has 2 nitrogen and oxygen atoms in total. The standard InChI is InChI=1S/C9H13ClN2S/c1-12-4-2-7(3-5-12)9-11-8(10)6-13-9/h6-7H,2-5H2,1H3. The van der Waals surface area contributed by atoms with Crippen LogP contribution in [0.3, 0.4) is 0 Å². The van der Waals surface area contributed by atoms with Crippen LogP contribution in [0.4, 0.5) is 0 Å². The monoisotopic (exact) mass is 216 g/mol. The number of aromatic nitrogens is 1. The normalized spacial score (nSPS) is 20.8. The van der Waals surface area contributed by atoms with Crippen LogP contribution in [-0.2, 0) is 0 Å². The molecule has 0 aliphatic carbocycles. The minimum absolute atomic E-state index is 0.647. The zero-order valence-corrected chi connectivity index (χ0v) is 9.24. The molecule has 0 aromatic carbocycles. The summed E-state index contributed by atoms with van der Waals surface area (Å²) in [5.41, 5.74) is 0. The number of nitrogens with zero attached hydrogens (tertiary/aromatic N) is 2. The lowest BCUT2D eigenvalue weighted by molar-refractivity contribution is 0.255. The second kappa shape index (κ2) is 3.95. The molecular formula is C9H13ClN2S. The van der Waals surface area contributed by atoms with Gasteiger partial charge in [0.2, 0.25) is 0 Å². The van der Waals surface area contributed by atoms with Gasteiger partial charge in [0, 0.05) is 11.3 Å². The van der Waals surface area contributed by atoms with Gasteiger partial charge in [0.1, 0.15) is 5.15 Å². The van der Waals surface area contributed by atoms with Gasteiger partial charge in [0.25, 0.3) is 0 Å². The Balaban J connectivity index is 2.02. The first-order chi connectivity index (χ1) is 6.25. The second-order valence-electron chi connectivity index (χ2n) is 3.59. The number of rotatable bonds is 1. The van der Waals surface area contributed by atoms with Crippen LogP contribution >= 0.6 is 22.9 Å². The highest BCUT2D eigenvalue weighted by Gasteiger charge is 2.20. The van der Waals surface area contributed by atoms with Gasteiger partial charge >= 0.3 is 0 Å². The van der Waals surface area contributed by atoms with Gasteiger partial charge in [0.05, 0.1) is 5.01 Å². The van der Waals surface area contributed by atoms with E-state index in [4.69, 9.17) is 11.6 Å². The van der Waals surface area contributed by atoms with Crippen molar-refractivity contribution in [3.8, 4) is 0 Å². The Labute approximate surface area is 87.5 Å². The largest absolute Gasteiger partial charge is 0.306 e. The SMILES string of the molecule is CN1CCC(c2nc(Cl)cs2)CC1. The molecule has 0 spiro atoms. The molecule has 2 heterocycles. The number of halogens is 1. The maximum absolute atomic E-state index is 5.80. The fourth-order valence-electron chi connectivity index (χ4n) is 1.71. The molecule has 13 heavy (non-hydrogen) atoms. The molecule has 72 valence electrons. The van der Waals surface area contributed by atoms with E-state index in [1.54, 1.807) is 11.3 Å². The van der Waals surface area contributed by atoms with Crippen LogP contribution in [0.25, 0.3) is 0 Å². The van der Waals surface area contributed by atoms with Crippen molar-refractivity contribution in [1.82, 2.24) is 9.88 Å². The lowest BCUT2D eigenvalue weighted by Gasteiger charge is -2.27. The minimum Gasteiger partial charge on any atom is -0.306 e. The highest BCUT2D eigenvalue weighted by atomic mass is 35.5. The van der Waals surface area contributed by atoms with Crippen LogP contribution in [0.2, 0.25) is 5.15 Å². The Morgan fingerprint density at radius 2 is 2.23 bits per heavy atom. The molecule has 0 N–H and O–H groups in total. The number of likely N-dealkylation sites (tertiary alicyclic amines) is 1. The summed E-state index contributed by atoms with van der Waals surface area (Å²) in [7, 11) is 2.17. The minimum atomic E-state index is 0.647. The molecule has 1 saturated heterocycles. The molecule has 1 aliphatic rings. The average Bonchev–Trinajstić information content (AvgIpc) is 2.53. The van der Waals surface area contributed by atoms with Crippen LogP contribution in [0.5, 0.6) is 0 Å². The molecule has 1 aromatic rings. The van der Waals surface area contributed by atoms with Crippen LogP contribution in [0, 0.1) is 0 Å². The fourth-order valence-corrected chi connectivity index (χ4v) is 2.83. The van der Waals surface area contributed by atoms with Gasteiger partial charge in [-0.1, -0.05) is 11.6 Å². The summed E-state index contributed by atoms with van der Waals surface area (Å²) in [5.74, 6) is 0.647. The predicted molar refractivity (Wildman–Crippen MR) is 56.6 cm³/mol. The zero-order chi connectivity index (χ0) is 9.26. The molecule has 0 saturated carbocycles. The fraction of sp³-hybridized carbons (Fsp3) is 0.667. The number of hydrogen-bond acceptors (Lipinski definition) is 3. The lowest BCUT2D eigenvalue weighted by Crippen LogP contribution is -2.29. The molecule has 0 bridgehead atoms. The summed E-state index contributed by atoms with van der Waals surface area (Å²) in [6, 6.07) is 0. The van der Waals surface area contributed by atoms with Gasteiger partial charge in [-0.05, 0) is 33.0 Å². The molecule has 0 unspecified atom stereocenters. The summed E-state index contributed by atoms with van der Waals surface area (Å²) in [6.07, 6.45) is 2.45. The van der Waals surface area contributed by atoms with E-state index in [0.717, 1.165) is 0 Å². The van der Waals surface area contributed by atoms with E-state index in [9.17, 15) is 0 Å². The van der Waals surface area contributed by atoms with E-state index in [1.165, 1.54) is 30.9 Å². The average molecular weight is 217 g/mol. The van der Waals surface area contributed by atoms with E-state index in [0.29, 0.717) is 11.1 Å². The third-order valence-corrected chi connectivity index (χ3v) is 3.89.